The van der Waals surface area contributed by atoms with Crippen LogP contribution in [0.2, 0.25) is 0 Å². The number of hydrogen-bond acceptors (Lipinski definition) is 10. The number of para-hydroxylation sites is 1. The van der Waals surface area contributed by atoms with Crippen LogP contribution in [0.3, 0.4) is 0 Å². The van der Waals surface area contributed by atoms with Crippen molar-refractivity contribution in [3.05, 3.63) is 47.5 Å². The summed E-state index contributed by atoms with van der Waals surface area (Å²) in [6.07, 6.45) is 2.87. The number of carbonyl (C=O) groups is 4. The molecule has 10 nitrogen and oxygen atoms in total. The number of fused-ring (bicyclic) bond motifs is 1. The maximum absolute atomic E-state index is 13.7. The first-order valence-corrected chi connectivity index (χ1v) is 14.0. The second-order valence-corrected chi connectivity index (χ2v) is 10.3. The molecule has 12 heteroatoms. The molecule has 1 aromatic carbocycles. The van der Waals surface area contributed by atoms with Gasteiger partial charge in [0.2, 0.25) is 0 Å². The SMILES string of the molecule is C=CC(=O)OCC(O)COC(=O)CN1C(=C2C(=O)N(CCCC)C(=S)N(CCCC)C2=O)Sc2ccccc21. The van der Waals surface area contributed by atoms with Crippen LogP contribution in [0.15, 0.2) is 52.4 Å². The van der Waals surface area contributed by atoms with E-state index in [1.165, 1.54) is 21.6 Å². The van der Waals surface area contributed by atoms with Crippen LogP contribution in [-0.4, -0.2) is 82.7 Å². The average Bonchev–Trinajstić information content (AvgIpc) is 3.28. The summed E-state index contributed by atoms with van der Waals surface area (Å²) >= 11 is 6.80. The molecule has 0 radical (unpaired) electrons. The highest BCUT2D eigenvalue weighted by molar-refractivity contribution is 8.03. The highest BCUT2D eigenvalue weighted by Gasteiger charge is 2.44. The zero-order valence-corrected chi connectivity index (χ0v) is 23.7. The number of unbranched alkanes of at least 4 members (excludes halogenated alkanes) is 2. The van der Waals surface area contributed by atoms with Gasteiger partial charge < -0.3 is 19.5 Å². The lowest BCUT2D eigenvalue weighted by molar-refractivity contribution is -0.149. The van der Waals surface area contributed by atoms with E-state index in [0.717, 1.165) is 36.7 Å². The number of anilines is 1. The smallest absolute Gasteiger partial charge is 0.330 e. The standard InChI is InChI=1S/C27H33N3O7S2/c1-4-7-13-28-24(34)23(25(35)29(27(28)38)14-8-5-2)26-30(19-11-9-10-12-20(19)39-26)15-22(33)37-17-18(31)16-36-21(32)6-3/h6,9-12,18,31H,3-5,7-8,13-17H2,1-2H3. The Morgan fingerprint density at radius 1 is 1.03 bits per heavy atom. The summed E-state index contributed by atoms with van der Waals surface area (Å²) in [4.78, 5) is 56.7. The maximum Gasteiger partial charge on any atom is 0.330 e. The van der Waals surface area contributed by atoms with Crippen molar-refractivity contribution in [1.29, 1.82) is 0 Å². The number of ether oxygens (including phenoxy) is 2. The van der Waals surface area contributed by atoms with Crippen molar-refractivity contribution in [3.63, 3.8) is 0 Å². The number of rotatable bonds is 13. The van der Waals surface area contributed by atoms with Crippen molar-refractivity contribution in [1.82, 2.24) is 9.80 Å². The lowest BCUT2D eigenvalue weighted by atomic mass is 10.1. The Hall–Kier alpha value is -3.22. The summed E-state index contributed by atoms with van der Waals surface area (Å²) in [6.45, 7) is 6.98. The van der Waals surface area contributed by atoms with E-state index < -0.39 is 36.5 Å². The van der Waals surface area contributed by atoms with Gasteiger partial charge >= 0.3 is 11.9 Å². The van der Waals surface area contributed by atoms with Gasteiger partial charge in [0, 0.05) is 24.1 Å². The highest BCUT2D eigenvalue weighted by Crippen LogP contribution is 2.48. The summed E-state index contributed by atoms with van der Waals surface area (Å²) in [7, 11) is 0. The van der Waals surface area contributed by atoms with E-state index in [2.05, 4.69) is 6.58 Å². The van der Waals surface area contributed by atoms with Crippen LogP contribution in [0.1, 0.15) is 39.5 Å². The third kappa shape index (κ3) is 7.25. The molecule has 0 aromatic heterocycles. The van der Waals surface area contributed by atoms with Gasteiger partial charge in [0.25, 0.3) is 11.8 Å². The van der Waals surface area contributed by atoms with Crippen LogP contribution < -0.4 is 4.90 Å². The lowest BCUT2D eigenvalue weighted by Crippen LogP contribution is -2.57. The van der Waals surface area contributed by atoms with Crippen molar-refractivity contribution < 1.29 is 33.8 Å². The first-order valence-electron chi connectivity index (χ1n) is 12.8. The Labute approximate surface area is 237 Å². The van der Waals surface area contributed by atoms with Gasteiger partial charge in [0.05, 0.1) is 10.7 Å². The highest BCUT2D eigenvalue weighted by atomic mass is 32.2. The Balaban J connectivity index is 1.90. The van der Waals surface area contributed by atoms with E-state index in [9.17, 15) is 24.3 Å². The monoisotopic (exact) mass is 575 g/mol. The summed E-state index contributed by atoms with van der Waals surface area (Å²) in [5.74, 6) is -2.38. The van der Waals surface area contributed by atoms with Crippen LogP contribution in [-0.2, 0) is 28.7 Å². The van der Waals surface area contributed by atoms with E-state index in [-0.39, 0.29) is 23.8 Å². The number of carbonyl (C=O) groups excluding carboxylic acids is 4. The Bertz CT molecular complexity index is 1140. The van der Waals surface area contributed by atoms with E-state index in [1.807, 2.05) is 26.0 Å². The van der Waals surface area contributed by atoms with E-state index in [4.69, 9.17) is 21.7 Å². The van der Waals surface area contributed by atoms with Crippen molar-refractivity contribution in [2.45, 2.75) is 50.5 Å². The van der Waals surface area contributed by atoms with Gasteiger partial charge in [-0.25, -0.2) is 4.79 Å². The molecule has 2 amide bonds. The largest absolute Gasteiger partial charge is 0.461 e. The Morgan fingerprint density at radius 3 is 2.21 bits per heavy atom. The minimum atomic E-state index is -1.22. The van der Waals surface area contributed by atoms with E-state index >= 15 is 0 Å². The molecule has 0 spiro atoms. The van der Waals surface area contributed by atoms with Crippen LogP contribution in [0.25, 0.3) is 0 Å². The number of hydrogen-bond donors (Lipinski definition) is 1. The number of thioether (sulfide) groups is 1. The first kappa shape index (κ1) is 30.3. The van der Waals surface area contributed by atoms with Gasteiger partial charge in [-0.3, -0.25) is 24.2 Å². The second-order valence-electron chi connectivity index (χ2n) is 8.91. The number of amides is 2. The molecule has 210 valence electrons. The van der Waals surface area contributed by atoms with Crippen LogP contribution in [0.4, 0.5) is 5.69 Å². The third-order valence-electron chi connectivity index (χ3n) is 5.98. The molecule has 2 heterocycles. The number of esters is 2. The molecule has 0 bridgehead atoms. The van der Waals surface area contributed by atoms with Crippen LogP contribution >= 0.6 is 24.0 Å². The van der Waals surface area contributed by atoms with Crippen molar-refractivity contribution in [3.8, 4) is 0 Å². The summed E-state index contributed by atoms with van der Waals surface area (Å²) < 4.78 is 9.97. The average molecular weight is 576 g/mol. The predicted octanol–water partition coefficient (Wildman–Crippen LogP) is 3.00. The van der Waals surface area contributed by atoms with Gasteiger partial charge in [-0.05, 0) is 37.2 Å². The maximum atomic E-state index is 13.7. The third-order valence-corrected chi connectivity index (χ3v) is 7.60. The number of benzene rings is 1. The normalized spacial score (nSPS) is 16.0. The number of nitrogens with zero attached hydrogens (tertiary/aromatic N) is 3. The molecular weight excluding hydrogens is 542 g/mol. The molecule has 2 aliphatic heterocycles. The fraction of sp³-hybridized carbons (Fsp3) is 0.444. The van der Waals surface area contributed by atoms with Gasteiger partial charge in [0.1, 0.15) is 31.4 Å². The fourth-order valence-electron chi connectivity index (χ4n) is 3.92. The molecule has 1 saturated heterocycles. The first-order chi connectivity index (χ1) is 18.7. The summed E-state index contributed by atoms with van der Waals surface area (Å²) in [5, 5.41) is 10.5. The van der Waals surface area contributed by atoms with E-state index in [0.29, 0.717) is 23.8 Å². The van der Waals surface area contributed by atoms with E-state index in [1.54, 1.807) is 17.0 Å². The zero-order chi connectivity index (χ0) is 28.5. The van der Waals surface area contributed by atoms with Gasteiger partial charge in [0.15, 0.2) is 5.11 Å². The molecule has 1 aromatic rings. The Kier molecular flexibility index (Phi) is 11.1. The molecule has 1 N–H and O–H groups in total. The van der Waals surface area contributed by atoms with Crippen LogP contribution in [0.5, 0.6) is 0 Å². The zero-order valence-electron chi connectivity index (χ0n) is 22.1. The van der Waals surface area contributed by atoms with Crippen molar-refractivity contribution >= 4 is 58.5 Å². The molecule has 0 saturated carbocycles. The minimum Gasteiger partial charge on any atom is -0.461 e. The van der Waals surface area contributed by atoms with Crippen molar-refractivity contribution in [2.75, 3.05) is 37.7 Å². The molecule has 1 fully saturated rings. The topological polar surface area (TPSA) is 117 Å². The summed E-state index contributed by atoms with van der Waals surface area (Å²) in [5.41, 5.74) is 0.609. The molecule has 0 aliphatic carbocycles. The number of aliphatic hydroxyl groups is 1. The predicted molar refractivity (Wildman–Crippen MR) is 151 cm³/mol. The molecule has 3 rings (SSSR count). The number of aliphatic hydroxyl groups excluding tert-OH is 1. The molecule has 39 heavy (non-hydrogen) atoms. The molecule has 1 atom stereocenters. The van der Waals surface area contributed by atoms with Gasteiger partial charge in [-0.15, -0.1) is 0 Å². The fourth-order valence-corrected chi connectivity index (χ4v) is 5.45. The minimum absolute atomic E-state index is 0.0406. The van der Waals surface area contributed by atoms with Gasteiger partial charge in [-0.1, -0.05) is 57.2 Å². The van der Waals surface area contributed by atoms with Crippen molar-refractivity contribution in [2.24, 2.45) is 0 Å². The van der Waals surface area contributed by atoms with Crippen LogP contribution in [0, 0.1) is 0 Å². The van der Waals surface area contributed by atoms with Gasteiger partial charge in [-0.2, -0.15) is 0 Å². The molecule has 1 unspecified atom stereocenters. The quantitative estimate of drug-likeness (QED) is 0.163. The molecule has 2 aliphatic rings. The molecular formula is C27H33N3O7S2. The lowest BCUT2D eigenvalue weighted by Gasteiger charge is -2.37. The summed E-state index contributed by atoms with van der Waals surface area (Å²) in [6, 6.07) is 7.26. The number of thiocarbonyl (C=S) groups is 1. The Morgan fingerprint density at radius 2 is 1.62 bits per heavy atom. The second kappa shape index (κ2) is 14.2.